The van der Waals surface area contributed by atoms with E-state index >= 15 is 0 Å². The van der Waals surface area contributed by atoms with Crippen LogP contribution in [0.25, 0.3) is 11.0 Å². The molecule has 0 radical (unpaired) electrons. The molecule has 0 bridgehead atoms. The van der Waals surface area contributed by atoms with Gasteiger partial charge in [0.2, 0.25) is 5.52 Å². The van der Waals surface area contributed by atoms with Crippen molar-refractivity contribution in [2.24, 2.45) is 4.99 Å². The van der Waals surface area contributed by atoms with Crippen LogP contribution < -0.4 is 5.48 Å². The van der Waals surface area contributed by atoms with Crippen LogP contribution >= 0.6 is 11.6 Å². The molecular weight excluding hydrogens is 326 g/mol. The second-order valence-corrected chi connectivity index (χ2v) is 4.78. The molecule has 0 unspecified atom stereocenters. The SMILES string of the molecule is O=[N+]([O-])c1ccc(N=C(NO)c2ccccc2Cl)c2nonc12. The Labute approximate surface area is 133 Å². The van der Waals surface area contributed by atoms with E-state index in [0.717, 1.165) is 0 Å². The number of aromatic nitrogens is 2. The van der Waals surface area contributed by atoms with Gasteiger partial charge in [0.1, 0.15) is 0 Å². The zero-order valence-corrected chi connectivity index (χ0v) is 12.1. The molecular formula is C13H8ClN5O4. The molecule has 9 nitrogen and oxygen atoms in total. The number of hydrogen-bond donors (Lipinski definition) is 2. The third-order valence-corrected chi connectivity index (χ3v) is 3.37. The van der Waals surface area contributed by atoms with Crippen molar-refractivity contribution in [3.63, 3.8) is 0 Å². The number of amidine groups is 1. The molecule has 10 heteroatoms. The fraction of sp³-hybridized carbons (Fsp3) is 0. The summed E-state index contributed by atoms with van der Waals surface area (Å²) in [6.07, 6.45) is 0. The van der Waals surface area contributed by atoms with Gasteiger partial charge in [-0.15, -0.1) is 0 Å². The maximum Gasteiger partial charge on any atom is 0.300 e. The van der Waals surface area contributed by atoms with Crippen LogP contribution in [0.15, 0.2) is 46.0 Å². The van der Waals surface area contributed by atoms with E-state index in [1.807, 2.05) is 5.48 Å². The molecule has 0 fully saturated rings. The van der Waals surface area contributed by atoms with E-state index < -0.39 is 4.92 Å². The third-order valence-electron chi connectivity index (χ3n) is 3.04. The standard InChI is InChI=1S/C13H8ClN5O4/c14-8-4-2-1-3-7(8)13(16-20)15-9-5-6-10(19(21)22)12-11(9)17-23-18-12/h1-6,20H,(H,15,16). The number of non-ortho nitro benzene ring substituents is 1. The molecule has 0 aliphatic carbocycles. The van der Waals surface area contributed by atoms with Crippen molar-refractivity contribution in [1.82, 2.24) is 15.8 Å². The van der Waals surface area contributed by atoms with E-state index in [1.165, 1.54) is 12.1 Å². The highest BCUT2D eigenvalue weighted by Crippen LogP contribution is 2.31. The fourth-order valence-corrected chi connectivity index (χ4v) is 2.22. The summed E-state index contributed by atoms with van der Waals surface area (Å²) in [5.41, 5.74) is 2.43. The Balaban J connectivity index is 2.17. The van der Waals surface area contributed by atoms with Crippen LogP contribution in [0.2, 0.25) is 5.02 Å². The number of nitrogens with zero attached hydrogens (tertiary/aromatic N) is 4. The van der Waals surface area contributed by atoms with Gasteiger partial charge < -0.3 is 0 Å². The molecule has 3 aromatic rings. The average molecular weight is 334 g/mol. The van der Waals surface area contributed by atoms with E-state index in [2.05, 4.69) is 19.9 Å². The van der Waals surface area contributed by atoms with Crippen molar-refractivity contribution in [3.05, 3.63) is 57.1 Å². The van der Waals surface area contributed by atoms with Crippen LogP contribution in [-0.4, -0.2) is 26.3 Å². The molecule has 0 saturated carbocycles. The lowest BCUT2D eigenvalue weighted by Gasteiger charge is -2.06. The van der Waals surface area contributed by atoms with Gasteiger partial charge in [0.15, 0.2) is 11.4 Å². The highest BCUT2D eigenvalue weighted by molar-refractivity contribution is 6.34. The van der Waals surface area contributed by atoms with Gasteiger partial charge in [-0.3, -0.25) is 20.8 Å². The van der Waals surface area contributed by atoms with Gasteiger partial charge in [0, 0.05) is 11.6 Å². The molecule has 0 saturated heterocycles. The van der Waals surface area contributed by atoms with Crippen LogP contribution in [0.1, 0.15) is 5.56 Å². The Morgan fingerprint density at radius 3 is 2.70 bits per heavy atom. The first-order chi connectivity index (χ1) is 11.1. The molecule has 116 valence electrons. The van der Waals surface area contributed by atoms with Crippen LogP contribution in [-0.2, 0) is 0 Å². The molecule has 1 aromatic heterocycles. The summed E-state index contributed by atoms with van der Waals surface area (Å²) in [5.74, 6) is 0.0498. The number of benzene rings is 2. The molecule has 2 aromatic carbocycles. The largest absolute Gasteiger partial charge is 0.300 e. The molecule has 0 aliphatic heterocycles. The predicted octanol–water partition coefficient (Wildman–Crippen LogP) is 2.84. The van der Waals surface area contributed by atoms with Crippen molar-refractivity contribution < 1.29 is 14.8 Å². The average Bonchev–Trinajstić information content (AvgIpc) is 3.03. The molecule has 0 amide bonds. The predicted molar refractivity (Wildman–Crippen MR) is 81.0 cm³/mol. The summed E-state index contributed by atoms with van der Waals surface area (Å²) in [6, 6.07) is 9.33. The van der Waals surface area contributed by atoms with Gasteiger partial charge in [-0.1, -0.05) is 23.7 Å². The third kappa shape index (κ3) is 2.70. The van der Waals surface area contributed by atoms with Crippen LogP contribution in [0.3, 0.4) is 0 Å². The van der Waals surface area contributed by atoms with E-state index in [0.29, 0.717) is 10.6 Å². The van der Waals surface area contributed by atoms with Crippen molar-refractivity contribution in [3.8, 4) is 0 Å². The maximum absolute atomic E-state index is 11.0. The van der Waals surface area contributed by atoms with Crippen molar-refractivity contribution >= 4 is 39.8 Å². The van der Waals surface area contributed by atoms with Crippen molar-refractivity contribution in [2.75, 3.05) is 0 Å². The zero-order chi connectivity index (χ0) is 16.4. The smallest absolute Gasteiger partial charge is 0.290 e. The lowest BCUT2D eigenvalue weighted by molar-refractivity contribution is -0.383. The first-order valence-electron chi connectivity index (χ1n) is 6.25. The molecule has 0 atom stereocenters. The van der Waals surface area contributed by atoms with Crippen molar-refractivity contribution in [2.45, 2.75) is 0 Å². The number of nitro groups is 1. The summed E-state index contributed by atoms with van der Waals surface area (Å²) in [5, 5.41) is 27.8. The van der Waals surface area contributed by atoms with Gasteiger partial charge in [-0.2, -0.15) is 0 Å². The number of rotatable bonds is 3. The molecule has 0 aliphatic rings. The van der Waals surface area contributed by atoms with Crippen LogP contribution in [0.5, 0.6) is 0 Å². The Morgan fingerprint density at radius 1 is 1.26 bits per heavy atom. The number of nitrogens with one attached hydrogen (secondary N) is 1. The zero-order valence-electron chi connectivity index (χ0n) is 11.3. The summed E-state index contributed by atoms with van der Waals surface area (Å²) < 4.78 is 4.56. The number of hydroxylamine groups is 1. The van der Waals surface area contributed by atoms with Gasteiger partial charge in [0.05, 0.1) is 15.6 Å². The number of halogens is 1. The normalized spacial score (nSPS) is 11.7. The lowest BCUT2D eigenvalue weighted by Crippen LogP contribution is -2.20. The van der Waals surface area contributed by atoms with E-state index in [-0.39, 0.29) is 28.2 Å². The van der Waals surface area contributed by atoms with E-state index in [9.17, 15) is 15.3 Å². The van der Waals surface area contributed by atoms with Gasteiger partial charge in [-0.25, -0.2) is 9.62 Å². The van der Waals surface area contributed by atoms with Crippen LogP contribution in [0.4, 0.5) is 11.4 Å². The first-order valence-corrected chi connectivity index (χ1v) is 6.63. The lowest BCUT2D eigenvalue weighted by atomic mass is 10.2. The second-order valence-electron chi connectivity index (χ2n) is 4.37. The maximum atomic E-state index is 11.0. The second kappa shape index (κ2) is 5.99. The number of fused-ring (bicyclic) bond motifs is 1. The molecule has 2 N–H and O–H groups in total. The van der Waals surface area contributed by atoms with Gasteiger partial charge in [0.25, 0.3) is 0 Å². The van der Waals surface area contributed by atoms with Crippen molar-refractivity contribution in [1.29, 1.82) is 0 Å². The summed E-state index contributed by atoms with van der Waals surface area (Å²) in [4.78, 5) is 14.6. The minimum atomic E-state index is -0.598. The fourth-order valence-electron chi connectivity index (χ4n) is 2.00. The summed E-state index contributed by atoms with van der Waals surface area (Å²) in [6.45, 7) is 0. The minimum Gasteiger partial charge on any atom is -0.290 e. The van der Waals surface area contributed by atoms with Gasteiger partial charge >= 0.3 is 5.69 Å². The monoisotopic (exact) mass is 333 g/mol. The molecule has 1 heterocycles. The molecule has 0 spiro atoms. The van der Waals surface area contributed by atoms with Gasteiger partial charge in [-0.05, 0) is 28.5 Å². The Bertz CT molecular complexity index is 924. The minimum absolute atomic E-state index is 0.0345. The Hall–Kier alpha value is -3.04. The molecule has 23 heavy (non-hydrogen) atoms. The van der Waals surface area contributed by atoms with E-state index in [1.54, 1.807) is 24.3 Å². The quantitative estimate of drug-likeness (QED) is 0.326. The first kappa shape index (κ1) is 14.9. The summed E-state index contributed by atoms with van der Waals surface area (Å²) >= 11 is 6.06. The number of hydrogen-bond acceptors (Lipinski definition) is 7. The Morgan fingerprint density at radius 2 is 2.00 bits per heavy atom. The number of aliphatic imine (C=N–C) groups is 1. The topological polar surface area (TPSA) is 127 Å². The van der Waals surface area contributed by atoms with Crippen LogP contribution in [0, 0.1) is 10.1 Å². The Kier molecular flexibility index (Phi) is 3.87. The number of nitro benzene ring substituents is 1. The molecule has 3 rings (SSSR count). The highest BCUT2D eigenvalue weighted by atomic mass is 35.5. The summed E-state index contributed by atoms with van der Waals surface area (Å²) in [7, 11) is 0. The highest BCUT2D eigenvalue weighted by Gasteiger charge is 2.20. The van der Waals surface area contributed by atoms with E-state index in [4.69, 9.17) is 11.6 Å².